The Morgan fingerprint density at radius 3 is 2.47 bits per heavy atom. The van der Waals surface area contributed by atoms with Crippen molar-refractivity contribution in [2.24, 2.45) is 0 Å². The number of rotatable bonds is 10. The Hall–Kier alpha value is -3.41. The number of nitriles is 2. The monoisotopic (exact) mass is 474 g/mol. The Kier molecular flexibility index (Phi) is 9.02. The van der Waals surface area contributed by atoms with Crippen molar-refractivity contribution in [2.45, 2.75) is 31.7 Å². The third-order valence-corrected chi connectivity index (χ3v) is 5.22. The highest BCUT2D eigenvalue weighted by atomic mass is 19.4. The number of hydrogen-bond acceptors (Lipinski definition) is 8. The second-order valence-electron chi connectivity index (χ2n) is 7.72. The van der Waals surface area contributed by atoms with Crippen molar-refractivity contribution in [1.29, 1.82) is 10.5 Å². The van der Waals surface area contributed by atoms with Crippen LogP contribution in [-0.2, 0) is 17.5 Å². The van der Waals surface area contributed by atoms with E-state index in [0.717, 1.165) is 24.0 Å². The van der Waals surface area contributed by atoms with Crippen LogP contribution in [0.2, 0.25) is 0 Å². The molecule has 0 aliphatic carbocycles. The van der Waals surface area contributed by atoms with Gasteiger partial charge in [0.15, 0.2) is 0 Å². The number of anilines is 1. The number of aromatic nitrogens is 2. The third kappa shape index (κ3) is 7.58. The maximum Gasteiger partial charge on any atom is 0.451 e. The van der Waals surface area contributed by atoms with Crippen molar-refractivity contribution in [1.82, 2.24) is 14.9 Å². The van der Waals surface area contributed by atoms with Crippen LogP contribution in [0.5, 0.6) is 5.88 Å². The molecule has 1 aliphatic rings. The van der Waals surface area contributed by atoms with Crippen LogP contribution in [0.25, 0.3) is 0 Å². The first kappa shape index (κ1) is 25.2. The SMILES string of the molecule is N#CCCN(CCC#N)c1ccc(CN2CCOC(COc3ccnc(C(F)(F)F)n3)C2)cc1. The molecule has 3 rings (SSSR count). The highest BCUT2D eigenvalue weighted by Gasteiger charge is 2.35. The summed E-state index contributed by atoms with van der Waals surface area (Å²) in [6.07, 6.45) is -3.14. The maximum absolute atomic E-state index is 12.8. The number of nitrogens with zero attached hydrogens (tertiary/aromatic N) is 6. The molecule has 0 amide bonds. The first-order chi connectivity index (χ1) is 16.4. The second-order valence-corrected chi connectivity index (χ2v) is 7.72. The summed E-state index contributed by atoms with van der Waals surface area (Å²) in [4.78, 5) is 10.8. The van der Waals surface area contributed by atoms with Gasteiger partial charge in [0.25, 0.3) is 0 Å². The van der Waals surface area contributed by atoms with E-state index in [9.17, 15) is 13.2 Å². The highest BCUT2D eigenvalue weighted by molar-refractivity contribution is 5.47. The van der Waals surface area contributed by atoms with Crippen molar-refractivity contribution in [3.8, 4) is 18.0 Å². The van der Waals surface area contributed by atoms with E-state index >= 15 is 0 Å². The van der Waals surface area contributed by atoms with Crippen LogP contribution < -0.4 is 9.64 Å². The summed E-state index contributed by atoms with van der Waals surface area (Å²) >= 11 is 0. The first-order valence-corrected chi connectivity index (χ1v) is 10.8. The van der Waals surface area contributed by atoms with Crippen molar-refractivity contribution in [3.05, 3.63) is 47.9 Å². The van der Waals surface area contributed by atoms with Crippen LogP contribution in [0.15, 0.2) is 36.5 Å². The summed E-state index contributed by atoms with van der Waals surface area (Å²) in [5.74, 6) is -1.38. The standard InChI is InChI=1S/C23H25F3N6O2/c24-23(25,26)22-29-10-7-21(30-22)34-17-20-16-31(13-14-33-20)15-18-3-5-19(6-4-18)32(11-1-8-27)12-2-9-28/h3-7,10,20H,1-2,11-17H2. The smallest absolute Gasteiger partial charge is 0.451 e. The molecule has 0 radical (unpaired) electrons. The molecule has 1 aromatic carbocycles. The molecule has 2 heterocycles. The van der Waals surface area contributed by atoms with Gasteiger partial charge in [-0.2, -0.15) is 28.7 Å². The summed E-state index contributed by atoms with van der Waals surface area (Å²) < 4.78 is 49.4. The molecular formula is C23H25F3N6O2. The van der Waals surface area contributed by atoms with Gasteiger partial charge in [-0.15, -0.1) is 0 Å². The molecule has 34 heavy (non-hydrogen) atoms. The van der Waals surface area contributed by atoms with Gasteiger partial charge < -0.3 is 14.4 Å². The number of benzene rings is 1. The molecule has 180 valence electrons. The highest BCUT2D eigenvalue weighted by Crippen LogP contribution is 2.27. The zero-order chi connectivity index (χ0) is 24.4. The van der Waals surface area contributed by atoms with Gasteiger partial charge in [-0.25, -0.2) is 4.98 Å². The number of hydrogen-bond donors (Lipinski definition) is 0. The predicted molar refractivity (Wildman–Crippen MR) is 117 cm³/mol. The van der Waals surface area contributed by atoms with Gasteiger partial charge in [0.05, 0.1) is 31.6 Å². The predicted octanol–water partition coefficient (Wildman–Crippen LogP) is 3.41. The summed E-state index contributed by atoms with van der Waals surface area (Å²) in [6, 6.07) is 13.6. The van der Waals surface area contributed by atoms with E-state index in [4.69, 9.17) is 20.0 Å². The molecule has 2 aromatic rings. The Morgan fingerprint density at radius 1 is 1.12 bits per heavy atom. The molecular weight excluding hydrogens is 449 g/mol. The molecule has 0 spiro atoms. The summed E-state index contributed by atoms with van der Waals surface area (Å²) in [6.45, 7) is 3.67. The molecule has 1 unspecified atom stereocenters. The largest absolute Gasteiger partial charge is 0.475 e. The number of ether oxygens (including phenoxy) is 2. The lowest BCUT2D eigenvalue weighted by molar-refractivity contribution is -0.145. The Morgan fingerprint density at radius 2 is 1.82 bits per heavy atom. The number of alkyl halides is 3. The van der Waals surface area contributed by atoms with Gasteiger partial charge in [0.1, 0.15) is 12.7 Å². The molecule has 0 N–H and O–H groups in total. The Balaban J connectivity index is 1.52. The summed E-state index contributed by atoms with van der Waals surface area (Å²) in [7, 11) is 0. The topological polar surface area (TPSA) is 98.3 Å². The molecule has 0 bridgehead atoms. The summed E-state index contributed by atoms with van der Waals surface area (Å²) in [5.41, 5.74) is 2.06. The minimum absolute atomic E-state index is 0.0799. The van der Waals surface area contributed by atoms with Crippen molar-refractivity contribution >= 4 is 5.69 Å². The van der Waals surface area contributed by atoms with E-state index in [-0.39, 0.29) is 18.6 Å². The van der Waals surface area contributed by atoms with E-state index in [0.29, 0.717) is 45.6 Å². The van der Waals surface area contributed by atoms with Gasteiger partial charge in [-0.05, 0) is 17.7 Å². The number of morpholine rings is 1. The minimum atomic E-state index is -4.63. The van der Waals surface area contributed by atoms with Crippen molar-refractivity contribution in [2.75, 3.05) is 44.3 Å². The van der Waals surface area contributed by atoms with Gasteiger partial charge >= 0.3 is 6.18 Å². The van der Waals surface area contributed by atoms with Gasteiger partial charge in [-0.1, -0.05) is 12.1 Å². The lowest BCUT2D eigenvalue weighted by Gasteiger charge is -2.32. The van der Waals surface area contributed by atoms with Crippen LogP contribution in [0.4, 0.5) is 18.9 Å². The van der Waals surface area contributed by atoms with Gasteiger partial charge in [-0.3, -0.25) is 4.90 Å². The van der Waals surface area contributed by atoms with E-state index in [1.165, 1.54) is 6.07 Å². The van der Waals surface area contributed by atoms with E-state index in [1.54, 1.807) is 0 Å². The second kappa shape index (κ2) is 12.2. The van der Waals surface area contributed by atoms with Crippen LogP contribution in [0.1, 0.15) is 24.2 Å². The van der Waals surface area contributed by atoms with Gasteiger partial charge in [0.2, 0.25) is 11.7 Å². The fourth-order valence-corrected chi connectivity index (χ4v) is 3.57. The lowest BCUT2D eigenvalue weighted by atomic mass is 10.1. The molecule has 1 aromatic heterocycles. The van der Waals surface area contributed by atoms with Crippen LogP contribution in [-0.4, -0.2) is 60.4 Å². The average molecular weight is 474 g/mol. The quantitative estimate of drug-likeness (QED) is 0.517. The van der Waals surface area contributed by atoms with E-state index in [1.807, 2.05) is 29.2 Å². The molecule has 0 saturated carbocycles. The molecule has 1 aliphatic heterocycles. The van der Waals surface area contributed by atoms with Crippen molar-refractivity contribution in [3.63, 3.8) is 0 Å². The zero-order valence-corrected chi connectivity index (χ0v) is 18.5. The zero-order valence-electron chi connectivity index (χ0n) is 18.5. The van der Waals surface area contributed by atoms with Crippen LogP contribution in [0, 0.1) is 22.7 Å². The molecule has 8 nitrogen and oxygen atoms in total. The molecule has 1 saturated heterocycles. The first-order valence-electron chi connectivity index (χ1n) is 10.8. The average Bonchev–Trinajstić information content (AvgIpc) is 2.83. The molecule has 1 atom stereocenters. The Bertz CT molecular complexity index is 985. The fourth-order valence-electron chi connectivity index (χ4n) is 3.57. The molecule has 11 heteroatoms. The fraction of sp³-hybridized carbons (Fsp3) is 0.478. The van der Waals surface area contributed by atoms with Crippen LogP contribution in [0.3, 0.4) is 0 Å². The Labute approximate surface area is 196 Å². The maximum atomic E-state index is 12.8. The normalized spacial score (nSPS) is 16.4. The summed E-state index contributed by atoms with van der Waals surface area (Å²) in [5, 5.41) is 17.7. The van der Waals surface area contributed by atoms with Crippen molar-refractivity contribution < 1.29 is 22.6 Å². The minimum Gasteiger partial charge on any atom is -0.475 e. The lowest BCUT2D eigenvalue weighted by Crippen LogP contribution is -2.44. The van der Waals surface area contributed by atoms with Crippen LogP contribution >= 0.6 is 0 Å². The third-order valence-electron chi connectivity index (χ3n) is 5.22. The van der Waals surface area contributed by atoms with E-state index in [2.05, 4.69) is 27.0 Å². The molecule has 1 fully saturated rings. The van der Waals surface area contributed by atoms with E-state index < -0.39 is 12.0 Å². The number of halogens is 3. The van der Waals surface area contributed by atoms with Gasteiger partial charge in [0, 0.05) is 50.7 Å².